The molecular weight excluding hydrogens is 284 g/mol. The van der Waals surface area contributed by atoms with E-state index >= 15 is 0 Å². The van der Waals surface area contributed by atoms with E-state index in [9.17, 15) is 4.79 Å². The van der Waals surface area contributed by atoms with Gasteiger partial charge in [-0.15, -0.1) is 11.3 Å². The van der Waals surface area contributed by atoms with E-state index in [0.29, 0.717) is 18.7 Å². The van der Waals surface area contributed by atoms with Gasteiger partial charge in [-0.05, 0) is 24.8 Å². The van der Waals surface area contributed by atoms with E-state index < -0.39 is 0 Å². The Hall–Kier alpha value is -1.72. The first-order valence-corrected chi connectivity index (χ1v) is 7.90. The number of hydrogen-bond acceptors (Lipinski definition) is 4. The highest BCUT2D eigenvalue weighted by Crippen LogP contribution is 2.26. The van der Waals surface area contributed by atoms with E-state index in [1.807, 2.05) is 38.1 Å². The van der Waals surface area contributed by atoms with E-state index in [2.05, 4.69) is 10.3 Å². The number of carbonyl (C=O) groups is 1. The third-order valence-electron chi connectivity index (χ3n) is 3.35. The summed E-state index contributed by atoms with van der Waals surface area (Å²) in [5, 5.41) is 14.4. The standard InChI is InChI=1S/C16H20N2O2S/c1-11(7-8-19)9-17-15(20)14-10-21-16(18-14)13-6-4-3-5-12(13)2/h3-6,10-11,19H,7-9H2,1-2H3,(H,17,20). The molecule has 1 aromatic heterocycles. The number of carbonyl (C=O) groups excluding carboxylic acids is 1. The molecule has 1 amide bonds. The van der Waals surface area contributed by atoms with E-state index in [-0.39, 0.29) is 18.4 Å². The van der Waals surface area contributed by atoms with Gasteiger partial charge in [-0.25, -0.2) is 4.98 Å². The molecule has 4 nitrogen and oxygen atoms in total. The maximum Gasteiger partial charge on any atom is 0.270 e. The van der Waals surface area contributed by atoms with Gasteiger partial charge in [0, 0.05) is 24.1 Å². The Morgan fingerprint density at radius 1 is 1.43 bits per heavy atom. The lowest BCUT2D eigenvalue weighted by molar-refractivity contribution is 0.0941. The van der Waals surface area contributed by atoms with Crippen LogP contribution in [-0.2, 0) is 0 Å². The summed E-state index contributed by atoms with van der Waals surface area (Å²) >= 11 is 1.48. The Bertz CT molecular complexity index is 610. The van der Waals surface area contributed by atoms with Crippen LogP contribution in [0.5, 0.6) is 0 Å². The molecule has 2 rings (SSSR count). The molecule has 112 valence electrons. The lowest BCUT2D eigenvalue weighted by Gasteiger charge is -2.09. The van der Waals surface area contributed by atoms with Crippen molar-refractivity contribution in [3.63, 3.8) is 0 Å². The second kappa shape index (κ2) is 7.33. The summed E-state index contributed by atoms with van der Waals surface area (Å²) < 4.78 is 0. The lowest BCUT2D eigenvalue weighted by atomic mass is 10.1. The normalized spacial score (nSPS) is 12.1. The Labute approximate surface area is 128 Å². The Balaban J connectivity index is 2.03. The number of aliphatic hydroxyl groups is 1. The fourth-order valence-corrected chi connectivity index (χ4v) is 2.88. The van der Waals surface area contributed by atoms with Gasteiger partial charge in [0.2, 0.25) is 0 Å². The van der Waals surface area contributed by atoms with Crippen LogP contribution in [0.1, 0.15) is 29.4 Å². The van der Waals surface area contributed by atoms with Gasteiger partial charge in [-0.2, -0.15) is 0 Å². The molecule has 0 aliphatic heterocycles. The molecule has 0 saturated carbocycles. The molecule has 0 spiro atoms. The third kappa shape index (κ3) is 4.12. The summed E-state index contributed by atoms with van der Waals surface area (Å²) in [5.74, 6) is 0.101. The van der Waals surface area contributed by atoms with Crippen LogP contribution >= 0.6 is 11.3 Å². The molecule has 2 N–H and O–H groups in total. The summed E-state index contributed by atoms with van der Waals surface area (Å²) in [6, 6.07) is 8.01. The molecule has 0 fully saturated rings. The van der Waals surface area contributed by atoms with Gasteiger partial charge < -0.3 is 10.4 Å². The minimum Gasteiger partial charge on any atom is -0.396 e. The molecule has 1 aromatic carbocycles. The predicted molar refractivity (Wildman–Crippen MR) is 85.5 cm³/mol. The van der Waals surface area contributed by atoms with Crippen molar-refractivity contribution in [2.45, 2.75) is 20.3 Å². The van der Waals surface area contributed by atoms with Crippen LogP contribution in [0.15, 0.2) is 29.6 Å². The molecule has 1 atom stereocenters. The van der Waals surface area contributed by atoms with Crippen LogP contribution < -0.4 is 5.32 Å². The van der Waals surface area contributed by atoms with E-state index in [4.69, 9.17) is 5.11 Å². The maximum absolute atomic E-state index is 12.1. The number of amides is 1. The van der Waals surface area contributed by atoms with E-state index in [1.54, 1.807) is 5.38 Å². The van der Waals surface area contributed by atoms with Gasteiger partial charge >= 0.3 is 0 Å². The summed E-state index contributed by atoms with van der Waals surface area (Å²) in [6.45, 7) is 4.73. The molecule has 0 saturated heterocycles. The number of rotatable bonds is 6. The van der Waals surface area contributed by atoms with E-state index in [1.165, 1.54) is 11.3 Å². The number of aliphatic hydroxyl groups excluding tert-OH is 1. The summed E-state index contributed by atoms with van der Waals surface area (Å²) in [7, 11) is 0. The highest BCUT2D eigenvalue weighted by molar-refractivity contribution is 7.13. The number of nitrogens with zero attached hydrogens (tertiary/aromatic N) is 1. The first-order chi connectivity index (χ1) is 10.1. The van der Waals surface area contributed by atoms with Crippen molar-refractivity contribution in [1.82, 2.24) is 10.3 Å². The van der Waals surface area contributed by atoms with Crippen LogP contribution in [0, 0.1) is 12.8 Å². The summed E-state index contributed by atoms with van der Waals surface area (Å²) in [4.78, 5) is 16.5. The molecule has 2 aromatic rings. The van der Waals surface area contributed by atoms with Gasteiger partial charge in [0.05, 0.1) is 0 Å². The van der Waals surface area contributed by atoms with Crippen molar-refractivity contribution < 1.29 is 9.90 Å². The smallest absolute Gasteiger partial charge is 0.270 e. The van der Waals surface area contributed by atoms with Crippen LogP contribution in [-0.4, -0.2) is 29.1 Å². The average molecular weight is 304 g/mol. The second-order valence-electron chi connectivity index (χ2n) is 5.18. The molecule has 1 unspecified atom stereocenters. The van der Waals surface area contributed by atoms with Crippen molar-refractivity contribution in [3.8, 4) is 10.6 Å². The average Bonchev–Trinajstić information content (AvgIpc) is 2.95. The first kappa shape index (κ1) is 15.7. The molecule has 5 heteroatoms. The Morgan fingerprint density at radius 2 is 2.19 bits per heavy atom. The van der Waals surface area contributed by atoms with Gasteiger partial charge in [0.15, 0.2) is 0 Å². The molecular formula is C16H20N2O2S. The van der Waals surface area contributed by atoms with Crippen molar-refractivity contribution in [2.75, 3.05) is 13.2 Å². The molecule has 0 aliphatic carbocycles. The first-order valence-electron chi connectivity index (χ1n) is 7.02. The van der Waals surface area contributed by atoms with Crippen LogP contribution in [0.3, 0.4) is 0 Å². The van der Waals surface area contributed by atoms with Gasteiger partial charge in [-0.3, -0.25) is 4.79 Å². The number of thiazole rings is 1. The summed E-state index contributed by atoms with van der Waals surface area (Å²) in [6.07, 6.45) is 0.686. The topological polar surface area (TPSA) is 62.2 Å². The predicted octanol–water partition coefficient (Wildman–Crippen LogP) is 2.87. The van der Waals surface area contributed by atoms with Gasteiger partial charge in [-0.1, -0.05) is 31.2 Å². The Morgan fingerprint density at radius 3 is 2.90 bits per heavy atom. The fraction of sp³-hybridized carbons (Fsp3) is 0.375. The number of aromatic nitrogens is 1. The monoisotopic (exact) mass is 304 g/mol. The lowest BCUT2D eigenvalue weighted by Crippen LogP contribution is -2.28. The zero-order chi connectivity index (χ0) is 15.2. The molecule has 21 heavy (non-hydrogen) atoms. The highest BCUT2D eigenvalue weighted by atomic mass is 32.1. The SMILES string of the molecule is Cc1ccccc1-c1nc(C(=O)NCC(C)CCO)cs1. The summed E-state index contributed by atoms with van der Waals surface area (Å²) in [5.41, 5.74) is 2.67. The third-order valence-corrected chi connectivity index (χ3v) is 4.22. The number of benzene rings is 1. The van der Waals surface area contributed by atoms with Crippen LogP contribution in [0.4, 0.5) is 0 Å². The van der Waals surface area contributed by atoms with Crippen LogP contribution in [0.25, 0.3) is 10.6 Å². The number of hydrogen-bond donors (Lipinski definition) is 2. The van der Waals surface area contributed by atoms with Crippen molar-refractivity contribution in [2.24, 2.45) is 5.92 Å². The van der Waals surface area contributed by atoms with Crippen molar-refractivity contribution in [3.05, 3.63) is 40.9 Å². The van der Waals surface area contributed by atoms with Gasteiger partial charge in [0.25, 0.3) is 5.91 Å². The highest BCUT2D eigenvalue weighted by Gasteiger charge is 2.13. The maximum atomic E-state index is 12.1. The van der Waals surface area contributed by atoms with Crippen molar-refractivity contribution in [1.29, 1.82) is 0 Å². The fourth-order valence-electron chi connectivity index (χ4n) is 1.99. The zero-order valence-electron chi connectivity index (χ0n) is 12.3. The largest absolute Gasteiger partial charge is 0.396 e. The minimum absolute atomic E-state index is 0.144. The second-order valence-corrected chi connectivity index (χ2v) is 6.04. The molecule has 0 radical (unpaired) electrons. The van der Waals surface area contributed by atoms with Crippen molar-refractivity contribution >= 4 is 17.2 Å². The molecule has 0 aliphatic rings. The minimum atomic E-state index is -0.157. The quantitative estimate of drug-likeness (QED) is 0.862. The number of aryl methyl sites for hydroxylation is 1. The zero-order valence-corrected chi connectivity index (χ0v) is 13.1. The van der Waals surface area contributed by atoms with E-state index in [0.717, 1.165) is 16.1 Å². The molecule has 1 heterocycles. The van der Waals surface area contributed by atoms with Crippen LogP contribution in [0.2, 0.25) is 0 Å². The Kier molecular flexibility index (Phi) is 5.47. The molecule has 0 bridgehead atoms. The number of nitrogens with one attached hydrogen (secondary N) is 1. The van der Waals surface area contributed by atoms with Gasteiger partial charge in [0.1, 0.15) is 10.7 Å².